The van der Waals surface area contributed by atoms with E-state index in [0.29, 0.717) is 56.5 Å². The number of nitrogens with one attached hydrogen (secondary N) is 4. The normalized spacial score (nSPS) is 21.5. The second-order valence-corrected chi connectivity index (χ2v) is 16.1. The molecule has 0 saturated carbocycles. The maximum atomic E-state index is 13.9. The van der Waals surface area contributed by atoms with Crippen LogP contribution in [0, 0.1) is 12.8 Å². The van der Waals surface area contributed by atoms with Gasteiger partial charge in [0.25, 0.3) is 0 Å². The lowest BCUT2D eigenvalue weighted by Gasteiger charge is -2.31. The third-order valence-electron chi connectivity index (χ3n) is 11.8. The minimum Gasteiger partial charge on any atom is -0.493 e. The quantitative estimate of drug-likeness (QED) is 0.161. The second-order valence-electron chi connectivity index (χ2n) is 16.1. The van der Waals surface area contributed by atoms with Crippen LogP contribution in [0.25, 0.3) is 33.6 Å². The van der Waals surface area contributed by atoms with Crippen molar-refractivity contribution in [2.75, 3.05) is 40.5 Å². The van der Waals surface area contributed by atoms with Crippen molar-refractivity contribution in [1.29, 1.82) is 0 Å². The van der Waals surface area contributed by atoms with Gasteiger partial charge in [0, 0.05) is 30.8 Å². The molecule has 2 bridgehead atoms. The summed E-state index contributed by atoms with van der Waals surface area (Å²) >= 11 is 0. The molecule has 4 N–H and O–H groups in total. The molecule has 4 amide bonds. The molecule has 0 aliphatic carbocycles. The minimum atomic E-state index is -0.910. The van der Waals surface area contributed by atoms with E-state index in [9.17, 15) is 19.2 Å². The number of carbonyl (C=O) groups excluding carboxylic acids is 4. The van der Waals surface area contributed by atoms with Gasteiger partial charge in [-0.05, 0) is 87.1 Å². The van der Waals surface area contributed by atoms with E-state index in [0.717, 1.165) is 64.9 Å². The van der Waals surface area contributed by atoms with Gasteiger partial charge in [0.15, 0.2) is 0 Å². The number of aromatic amines is 2. The van der Waals surface area contributed by atoms with Crippen molar-refractivity contribution in [3.8, 4) is 39.4 Å². The molecule has 0 radical (unpaired) electrons. The Labute approximate surface area is 350 Å². The smallest absolute Gasteiger partial charge is 0.407 e. The number of alkyl carbamates (subject to hydrolysis) is 2. The molecular formula is C44H56N8O8. The molecule has 320 valence electrons. The number of aromatic nitrogens is 4. The third-order valence-corrected chi connectivity index (χ3v) is 11.8. The Morgan fingerprint density at radius 2 is 1.47 bits per heavy atom. The molecule has 4 aromatic rings. The number of hydrogen-bond donors (Lipinski definition) is 4. The van der Waals surface area contributed by atoms with Crippen LogP contribution in [0.4, 0.5) is 9.59 Å². The summed E-state index contributed by atoms with van der Waals surface area (Å²) in [6.45, 7) is 9.60. The van der Waals surface area contributed by atoms with Crippen molar-refractivity contribution in [1.82, 2.24) is 40.4 Å². The maximum absolute atomic E-state index is 13.9. The van der Waals surface area contributed by atoms with Gasteiger partial charge in [0.1, 0.15) is 29.5 Å². The summed E-state index contributed by atoms with van der Waals surface area (Å²) in [4.78, 5) is 71.9. The van der Waals surface area contributed by atoms with E-state index in [-0.39, 0.29) is 29.8 Å². The monoisotopic (exact) mass is 824 g/mol. The van der Waals surface area contributed by atoms with Crippen LogP contribution in [0.2, 0.25) is 0 Å². The molecule has 0 unspecified atom stereocenters. The highest BCUT2D eigenvalue weighted by molar-refractivity contribution is 5.87. The fourth-order valence-corrected chi connectivity index (χ4v) is 8.48. The number of hydrogen-bond acceptors (Lipinski definition) is 10. The highest BCUT2D eigenvalue weighted by Crippen LogP contribution is 2.39. The number of aryl methyl sites for hydroxylation is 1. The summed E-state index contributed by atoms with van der Waals surface area (Å²) < 4.78 is 22.2. The van der Waals surface area contributed by atoms with Gasteiger partial charge in [-0.2, -0.15) is 0 Å². The van der Waals surface area contributed by atoms with E-state index in [1.807, 2.05) is 31.0 Å². The molecule has 5 heterocycles. The molecule has 3 aliphatic heterocycles. The fraction of sp³-hybridized carbons (Fsp3) is 0.500. The molecule has 2 fully saturated rings. The van der Waals surface area contributed by atoms with Gasteiger partial charge in [0.2, 0.25) is 11.8 Å². The number of rotatable bonds is 7. The van der Waals surface area contributed by atoms with E-state index in [1.165, 1.54) is 14.2 Å². The molecule has 2 aromatic carbocycles. The number of likely N-dealkylation sites (tertiary alicyclic amines) is 1. The summed E-state index contributed by atoms with van der Waals surface area (Å²) in [6.07, 6.45) is 6.22. The first-order chi connectivity index (χ1) is 29.0. The van der Waals surface area contributed by atoms with Gasteiger partial charge < -0.3 is 49.3 Å². The van der Waals surface area contributed by atoms with Gasteiger partial charge in [0.05, 0.1) is 62.8 Å². The zero-order chi connectivity index (χ0) is 42.5. The first-order valence-corrected chi connectivity index (χ1v) is 20.9. The SMILES string of the molecule is COC(=O)N[C@H](C(=O)N1CCC[C@H]1c1ncc(-c2ccc(-c3ccc4c(c3)OCCCCO[C@@H](C)[C@H](NC(=O)OC)C(=O)N3CCC[C@H]3c3ncc-4[nH]3)cc2C)[nH]1)C(C)C. The lowest BCUT2D eigenvalue weighted by Crippen LogP contribution is -2.54. The lowest BCUT2D eigenvalue weighted by molar-refractivity contribution is -0.138. The summed E-state index contributed by atoms with van der Waals surface area (Å²) in [5.41, 5.74) is 6.53. The van der Waals surface area contributed by atoms with Crippen LogP contribution >= 0.6 is 0 Å². The molecular weight excluding hydrogens is 769 g/mol. The number of imidazole rings is 2. The number of H-pyrrole nitrogens is 2. The van der Waals surface area contributed by atoms with Crippen molar-refractivity contribution in [2.45, 2.75) is 96.5 Å². The van der Waals surface area contributed by atoms with E-state index in [2.05, 4.69) is 57.9 Å². The molecule has 0 spiro atoms. The zero-order valence-electron chi connectivity index (χ0n) is 35.2. The molecule has 16 heteroatoms. The standard InChI is InChI=1S/C44H56N8O8/c1-25(2)37(49-43(55)57-5)41(53)51-17-9-11-34(51)39-45-23-32(47-39)30-15-13-28(21-26(30)3)29-14-16-31-33-24-46-40(48-33)35-12-10-18-52(35)42(54)38(50-44(56)58-6)27(4)59-19-7-8-20-60-36(31)22-29/h13-16,21-25,27,34-35,37-38H,7-12,17-20H2,1-6H3,(H,45,47)(H,46,48)(H,49,55)(H,50,56)/t27-,34-,35-,37-,38-/m0/s1. The molecule has 2 saturated heterocycles. The van der Waals surface area contributed by atoms with Crippen molar-refractivity contribution in [2.24, 2.45) is 5.92 Å². The Morgan fingerprint density at radius 1 is 0.833 bits per heavy atom. The number of amides is 4. The third kappa shape index (κ3) is 8.98. The Morgan fingerprint density at radius 3 is 2.17 bits per heavy atom. The molecule has 2 aromatic heterocycles. The van der Waals surface area contributed by atoms with Gasteiger partial charge in [-0.25, -0.2) is 19.6 Å². The van der Waals surface area contributed by atoms with E-state index < -0.39 is 30.4 Å². The van der Waals surface area contributed by atoms with Crippen LogP contribution in [0.1, 0.15) is 88.6 Å². The predicted octanol–water partition coefficient (Wildman–Crippen LogP) is 6.45. The maximum Gasteiger partial charge on any atom is 0.407 e. The van der Waals surface area contributed by atoms with Crippen molar-refractivity contribution < 1.29 is 38.1 Å². The first-order valence-electron chi connectivity index (χ1n) is 20.9. The largest absolute Gasteiger partial charge is 0.493 e. The van der Waals surface area contributed by atoms with Crippen LogP contribution in [0.5, 0.6) is 5.75 Å². The van der Waals surface area contributed by atoms with Crippen molar-refractivity contribution >= 4 is 24.0 Å². The molecule has 5 atom stereocenters. The number of benzene rings is 2. The van der Waals surface area contributed by atoms with Gasteiger partial charge in [-0.3, -0.25) is 9.59 Å². The minimum absolute atomic E-state index is 0.119. The van der Waals surface area contributed by atoms with Crippen LogP contribution in [0.15, 0.2) is 48.8 Å². The lowest BCUT2D eigenvalue weighted by atomic mass is 9.97. The van der Waals surface area contributed by atoms with E-state index in [4.69, 9.17) is 28.9 Å². The van der Waals surface area contributed by atoms with Gasteiger partial charge in [-0.15, -0.1) is 0 Å². The number of carbonyl (C=O) groups is 4. The highest BCUT2D eigenvalue weighted by Gasteiger charge is 2.40. The highest BCUT2D eigenvalue weighted by atomic mass is 16.5. The zero-order valence-corrected chi connectivity index (χ0v) is 35.2. The summed E-state index contributed by atoms with van der Waals surface area (Å²) in [5, 5.41) is 5.40. The average Bonchev–Trinajstić information content (AvgIpc) is 4.09. The molecule has 7 rings (SSSR count). The summed E-state index contributed by atoms with van der Waals surface area (Å²) in [5.74, 6) is 1.59. The van der Waals surface area contributed by atoms with Crippen LogP contribution in [-0.2, 0) is 23.8 Å². The van der Waals surface area contributed by atoms with Crippen LogP contribution in [-0.4, -0.2) is 112 Å². The van der Waals surface area contributed by atoms with Crippen LogP contribution < -0.4 is 15.4 Å². The number of methoxy groups -OCH3 is 2. The number of ether oxygens (including phenoxy) is 4. The van der Waals surface area contributed by atoms with Crippen LogP contribution in [0.3, 0.4) is 0 Å². The van der Waals surface area contributed by atoms with Gasteiger partial charge in [-0.1, -0.05) is 38.1 Å². The van der Waals surface area contributed by atoms with Crippen molar-refractivity contribution in [3.63, 3.8) is 0 Å². The van der Waals surface area contributed by atoms with E-state index in [1.54, 1.807) is 18.0 Å². The Hall–Kier alpha value is -5.90. The van der Waals surface area contributed by atoms with Crippen molar-refractivity contribution in [3.05, 3.63) is 66.0 Å². The number of fused-ring (bicyclic) bond motifs is 6. The fourth-order valence-electron chi connectivity index (χ4n) is 8.48. The first kappa shape index (κ1) is 42.2. The van der Waals surface area contributed by atoms with E-state index >= 15 is 0 Å². The van der Waals surface area contributed by atoms with Gasteiger partial charge >= 0.3 is 12.2 Å². The molecule has 16 nitrogen and oxygen atoms in total. The molecule has 3 aliphatic rings. The molecule has 60 heavy (non-hydrogen) atoms. The Balaban J connectivity index is 1.12. The Bertz CT molecular complexity index is 2180. The Kier molecular flexibility index (Phi) is 13.1. The second kappa shape index (κ2) is 18.6. The predicted molar refractivity (Wildman–Crippen MR) is 223 cm³/mol. The summed E-state index contributed by atoms with van der Waals surface area (Å²) in [6, 6.07) is 10.3. The topological polar surface area (TPSA) is 193 Å². The average molecular weight is 825 g/mol. The number of nitrogens with zero attached hydrogens (tertiary/aromatic N) is 4. The summed E-state index contributed by atoms with van der Waals surface area (Å²) in [7, 11) is 2.56.